The molecule has 0 amide bonds. The summed E-state index contributed by atoms with van der Waals surface area (Å²) in [4.78, 5) is 13.0. The lowest BCUT2D eigenvalue weighted by Crippen LogP contribution is -2.43. The molecule has 3 heteroatoms. The lowest BCUT2D eigenvalue weighted by molar-refractivity contribution is -0.238. The Hall–Kier alpha value is -0.570. The maximum Gasteiger partial charge on any atom is 0.308 e. The maximum absolute atomic E-state index is 13.0. The topological polar surface area (TPSA) is 46.5 Å². The minimum Gasteiger partial charge on any atom is -0.433 e. The van der Waals surface area contributed by atoms with Gasteiger partial charge in [0, 0.05) is 18.8 Å². The quantitative estimate of drug-likeness (QED) is 0.0515. The molecule has 0 aromatic carbocycles. The zero-order chi connectivity index (χ0) is 29.7. The summed E-state index contributed by atoms with van der Waals surface area (Å²) in [7, 11) is 0. The standard InChI is InChI=1S/C37H74O3/c1-6-9-12-15-18-20-22-24-27-30-36(38)40-37(39,33-28-25-17-14-11-8-3)35(32-31-34(4)5)29-26-23-21-19-16-13-10-7-2/h34-35,39H,6-33H2,1-5H3. The number of hydrogen-bond acceptors (Lipinski definition) is 3. The molecule has 0 aliphatic heterocycles. The molecule has 3 nitrogen and oxygen atoms in total. The zero-order valence-electron chi connectivity index (χ0n) is 28.2. The molecule has 0 radical (unpaired) electrons. The Morgan fingerprint density at radius 3 is 1.40 bits per heavy atom. The van der Waals surface area contributed by atoms with E-state index < -0.39 is 5.79 Å². The summed E-state index contributed by atoms with van der Waals surface area (Å²) in [5.74, 6) is -0.825. The molecule has 2 atom stereocenters. The number of unbranched alkanes of at least 4 members (excludes halogenated alkanes) is 20. The third-order valence-corrected chi connectivity index (χ3v) is 8.80. The van der Waals surface area contributed by atoms with Crippen molar-refractivity contribution in [2.24, 2.45) is 11.8 Å². The number of rotatable bonds is 31. The fourth-order valence-electron chi connectivity index (χ4n) is 5.98. The third-order valence-electron chi connectivity index (χ3n) is 8.80. The van der Waals surface area contributed by atoms with Gasteiger partial charge < -0.3 is 9.84 Å². The highest BCUT2D eigenvalue weighted by molar-refractivity contribution is 5.69. The van der Waals surface area contributed by atoms with Gasteiger partial charge in [0.05, 0.1) is 0 Å². The largest absolute Gasteiger partial charge is 0.433 e. The predicted octanol–water partition coefficient (Wildman–Crippen LogP) is 12.5. The Labute approximate surface area is 252 Å². The van der Waals surface area contributed by atoms with E-state index in [0.717, 1.165) is 51.4 Å². The Kier molecular flexibility index (Phi) is 28.1. The first-order valence-electron chi connectivity index (χ1n) is 18.3. The highest BCUT2D eigenvalue weighted by Crippen LogP contribution is 2.35. The molecule has 0 rings (SSSR count). The first-order valence-corrected chi connectivity index (χ1v) is 18.3. The molecular weight excluding hydrogens is 492 g/mol. The lowest BCUT2D eigenvalue weighted by atomic mass is 9.83. The molecule has 0 saturated heterocycles. The summed E-state index contributed by atoms with van der Waals surface area (Å²) in [5, 5.41) is 12.0. The number of hydrogen-bond donors (Lipinski definition) is 1. The van der Waals surface area contributed by atoms with Gasteiger partial charge >= 0.3 is 5.97 Å². The first-order chi connectivity index (χ1) is 19.4. The van der Waals surface area contributed by atoms with Gasteiger partial charge in [0.25, 0.3) is 0 Å². The summed E-state index contributed by atoms with van der Waals surface area (Å²) in [6.45, 7) is 11.3. The van der Waals surface area contributed by atoms with Crippen LogP contribution < -0.4 is 0 Å². The van der Waals surface area contributed by atoms with E-state index in [1.54, 1.807) is 0 Å². The van der Waals surface area contributed by atoms with Gasteiger partial charge in [0.15, 0.2) is 0 Å². The highest BCUT2D eigenvalue weighted by atomic mass is 16.7. The van der Waals surface area contributed by atoms with Crippen molar-refractivity contribution in [2.75, 3.05) is 0 Å². The van der Waals surface area contributed by atoms with Gasteiger partial charge in [0.1, 0.15) is 0 Å². The van der Waals surface area contributed by atoms with Gasteiger partial charge in [0.2, 0.25) is 5.79 Å². The van der Waals surface area contributed by atoms with Crippen LogP contribution in [0.3, 0.4) is 0 Å². The number of esters is 1. The van der Waals surface area contributed by atoms with Gasteiger partial charge in [-0.1, -0.05) is 176 Å². The number of aliphatic hydroxyl groups is 1. The zero-order valence-corrected chi connectivity index (χ0v) is 28.2. The van der Waals surface area contributed by atoms with Crippen LogP contribution in [0.25, 0.3) is 0 Å². The van der Waals surface area contributed by atoms with Crippen LogP contribution in [0.1, 0.15) is 214 Å². The van der Waals surface area contributed by atoms with Crippen LogP contribution in [0.5, 0.6) is 0 Å². The normalized spacial score (nSPS) is 14.0. The summed E-state index contributed by atoms with van der Waals surface area (Å²) in [6.07, 6.45) is 32.6. The van der Waals surface area contributed by atoms with Crippen molar-refractivity contribution in [3.05, 3.63) is 0 Å². The molecule has 0 heterocycles. The maximum atomic E-state index is 13.0. The molecular formula is C37H74O3. The van der Waals surface area contributed by atoms with Crippen molar-refractivity contribution in [3.63, 3.8) is 0 Å². The molecule has 240 valence electrons. The number of carbonyl (C=O) groups is 1. The number of ether oxygens (including phenoxy) is 1. The monoisotopic (exact) mass is 567 g/mol. The fourth-order valence-corrected chi connectivity index (χ4v) is 5.98. The van der Waals surface area contributed by atoms with Crippen LogP contribution in [0.2, 0.25) is 0 Å². The molecule has 0 fully saturated rings. The van der Waals surface area contributed by atoms with Gasteiger partial charge in [-0.25, -0.2) is 0 Å². The summed E-state index contributed by atoms with van der Waals surface area (Å²) < 4.78 is 6.07. The molecule has 0 bridgehead atoms. The van der Waals surface area contributed by atoms with E-state index >= 15 is 0 Å². The smallest absolute Gasteiger partial charge is 0.308 e. The molecule has 40 heavy (non-hydrogen) atoms. The second-order valence-corrected chi connectivity index (χ2v) is 13.3. The Balaban J connectivity index is 4.89. The molecule has 0 aliphatic rings. The van der Waals surface area contributed by atoms with Crippen molar-refractivity contribution < 1.29 is 14.6 Å². The average molecular weight is 567 g/mol. The fraction of sp³-hybridized carbons (Fsp3) is 0.973. The minimum absolute atomic E-state index is 0.0534. The van der Waals surface area contributed by atoms with E-state index in [1.807, 2.05) is 0 Å². The molecule has 2 unspecified atom stereocenters. The van der Waals surface area contributed by atoms with Crippen molar-refractivity contribution in [1.29, 1.82) is 0 Å². The van der Waals surface area contributed by atoms with Crippen LogP contribution in [0, 0.1) is 11.8 Å². The van der Waals surface area contributed by atoms with E-state index in [-0.39, 0.29) is 11.9 Å². The minimum atomic E-state index is -1.29. The Bertz CT molecular complexity index is 532. The van der Waals surface area contributed by atoms with Crippen LogP contribution in [-0.4, -0.2) is 16.9 Å². The van der Waals surface area contributed by atoms with Crippen LogP contribution in [-0.2, 0) is 9.53 Å². The second-order valence-electron chi connectivity index (χ2n) is 13.3. The highest BCUT2D eigenvalue weighted by Gasteiger charge is 2.39. The average Bonchev–Trinajstić information content (AvgIpc) is 2.92. The van der Waals surface area contributed by atoms with Gasteiger partial charge in [-0.3, -0.25) is 4.79 Å². The molecule has 0 aromatic rings. The SMILES string of the molecule is CCCCCCCCCCCC(=O)OC(O)(CCCCCCCC)C(CCCCCCCCCC)CCC(C)C. The van der Waals surface area contributed by atoms with Crippen molar-refractivity contribution in [3.8, 4) is 0 Å². The molecule has 1 N–H and O–H groups in total. The van der Waals surface area contributed by atoms with Crippen LogP contribution in [0.4, 0.5) is 0 Å². The Morgan fingerprint density at radius 1 is 0.550 bits per heavy atom. The predicted molar refractivity (Wildman–Crippen MR) is 176 cm³/mol. The summed E-state index contributed by atoms with van der Waals surface area (Å²) in [6, 6.07) is 0. The van der Waals surface area contributed by atoms with E-state index in [2.05, 4.69) is 34.6 Å². The molecule has 0 aromatic heterocycles. The lowest BCUT2D eigenvalue weighted by Gasteiger charge is -2.36. The van der Waals surface area contributed by atoms with E-state index in [9.17, 15) is 9.90 Å². The molecule has 0 saturated carbocycles. The number of carbonyl (C=O) groups excluding carboxylic acids is 1. The summed E-state index contributed by atoms with van der Waals surface area (Å²) in [5.41, 5.74) is 0. The van der Waals surface area contributed by atoms with E-state index in [4.69, 9.17) is 4.74 Å². The van der Waals surface area contributed by atoms with Gasteiger partial charge in [-0.2, -0.15) is 0 Å². The van der Waals surface area contributed by atoms with E-state index in [0.29, 0.717) is 18.8 Å². The summed E-state index contributed by atoms with van der Waals surface area (Å²) >= 11 is 0. The second kappa shape index (κ2) is 28.5. The van der Waals surface area contributed by atoms with E-state index in [1.165, 1.54) is 116 Å². The van der Waals surface area contributed by atoms with Crippen molar-refractivity contribution in [1.82, 2.24) is 0 Å². The van der Waals surface area contributed by atoms with Crippen LogP contribution >= 0.6 is 0 Å². The van der Waals surface area contributed by atoms with Crippen molar-refractivity contribution in [2.45, 2.75) is 220 Å². The van der Waals surface area contributed by atoms with Crippen LogP contribution in [0.15, 0.2) is 0 Å². The first kappa shape index (κ1) is 39.4. The van der Waals surface area contributed by atoms with Crippen molar-refractivity contribution >= 4 is 5.97 Å². The molecule has 0 aliphatic carbocycles. The third kappa shape index (κ3) is 24.1. The molecule has 0 spiro atoms. The van der Waals surface area contributed by atoms with Gasteiger partial charge in [-0.05, 0) is 31.6 Å². The van der Waals surface area contributed by atoms with Gasteiger partial charge in [-0.15, -0.1) is 0 Å². The Morgan fingerprint density at radius 2 is 0.950 bits per heavy atom.